The number of imidazole rings is 1. The van der Waals surface area contributed by atoms with Crippen LogP contribution in [0.4, 0.5) is 22.0 Å². The molecule has 2 aliphatic carbocycles. The zero-order valence-electron chi connectivity index (χ0n) is 21.5. The molecule has 3 aliphatic rings. The summed E-state index contributed by atoms with van der Waals surface area (Å²) in [5, 5.41) is 18.1. The number of hydrogen-bond donors (Lipinski definition) is 4. The molecule has 0 spiro atoms. The van der Waals surface area contributed by atoms with Gasteiger partial charge in [-0.25, -0.2) is 19.3 Å². The number of nitrogens with one attached hydrogen (secondary N) is 4. The number of carbonyl (C=O) groups excluding carboxylic acids is 2. The summed E-state index contributed by atoms with van der Waals surface area (Å²) in [5.74, 6) is 0.328. The molecule has 0 radical (unpaired) electrons. The zero-order valence-corrected chi connectivity index (χ0v) is 22.3. The Kier molecular flexibility index (Phi) is 7.38. The molecule has 0 unspecified atom stereocenters. The van der Waals surface area contributed by atoms with Gasteiger partial charge in [0.25, 0.3) is 5.91 Å². The monoisotopic (exact) mass is 553 g/mol. The number of hydrogen-bond acceptors (Lipinski definition) is 8. The van der Waals surface area contributed by atoms with Gasteiger partial charge in [-0.15, -0.1) is 5.10 Å². The van der Waals surface area contributed by atoms with E-state index in [0.717, 1.165) is 44.2 Å². The number of morpholine rings is 1. The predicted molar refractivity (Wildman–Crippen MR) is 147 cm³/mol. The van der Waals surface area contributed by atoms with E-state index < -0.39 is 0 Å². The molecule has 0 atom stereocenters. The summed E-state index contributed by atoms with van der Waals surface area (Å²) in [5.41, 5.74) is 2.29. The van der Waals surface area contributed by atoms with Crippen molar-refractivity contribution in [2.24, 2.45) is 0 Å². The molecule has 13 heteroatoms. The second kappa shape index (κ2) is 11.2. The molecular formula is C26H32ClN9O3. The molecule has 3 amide bonds. The maximum atomic E-state index is 13.1. The van der Waals surface area contributed by atoms with Crippen LogP contribution in [-0.2, 0) is 4.74 Å². The topological polar surface area (TPSA) is 138 Å². The highest BCUT2D eigenvalue weighted by molar-refractivity contribution is 6.29. The van der Waals surface area contributed by atoms with Crippen LogP contribution in [0.2, 0.25) is 5.15 Å². The summed E-state index contributed by atoms with van der Waals surface area (Å²) in [6.45, 7) is 2.46. The van der Waals surface area contributed by atoms with E-state index in [1.165, 1.54) is 12.4 Å². The number of aromatic nitrogens is 4. The zero-order chi connectivity index (χ0) is 26.8. The molecule has 3 aromatic heterocycles. The summed E-state index contributed by atoms with van der Waals surface area (Å²) in [4.78, 5) is 36.0. The molecular weight excluding hydrogens is 522 g/mol. The third-order valence-corrected chi connectivity index (χ3v) is 7.53. The Morgan fingerprint density at radius 2 is 1.67 bits per heavy atom. The van der Waals surface area contributed by atoms with Crippen LogP contribution in [0.1, 0.15) is 49.0 Å². The van der Waals surface area contributed by atoms with Crippen molar-refractivity contribution in [2.45, 2.75) is 56.7 Å². The van der Waals surface area contributed by atoms with Gasteiger partial charge in [0.05, 0.1) is 25.1 Å². The Morgan fingerprint density at radius 1 is 0.949 bits per heavy atom. The van der Waals surface area contributed by atoms with E-state index in [-0.39, 0.29) is 24.0 Å². The molecule has 1 saturated heterocycles. The fourth-order valence-electron chi connectivity index (χ4n) is 5.05. The summed E-state index contributed by atoms with van der Waals surface area (Å²) in [6, 6.07) is 6.00. The van der Waals surface area contributed by atoms with Crippen LogP contribution in [0.25, 0.3) is 5.65 Å². The van der Waals surface area contributed by atoms with Gasteiger partial charge in [0.15, 0.2) is 11.3 Å². The number of halogens is 1. The average Bonchev–Trinajstić information content (AvgIpc) is 3.65. The van der Waals surface area contributed by atoms with Gasteiger partial charge in [0.1, 0.15) is 11.0 Å². The minimum atomic E-state index is -0.344. The van der Waals surface area contributed by atoms with Crippen molar-refractivity contribution in [3.05, 3.63) is 41.4 Å². The summed E-state index contributed by atoms with van der Waals surface area (Å²) in [7, 11) is 0. The molecule has 3 aromatic rings. The van der Waals surface area contributed by atoms with Crippen molar-refractivity contribution in [2.75, 3.05) is 42.3 Å². The first-order chi connectivity index (χ1) is 19.0. The molecule has 6 rings (SSSR count). The van der Waals surface area contributed by atoms with Crippen LogP contribution in [0.3, 0.4) is 0 Å². The van der Waals surface area contributed by atoms with Crippen LogP contribution in [0, 0.1) is 0 Å². The number of carbonyl (C=O) groups is 2. The van der Waals surface area contributed by atoms with Gasteiger partial charge in [-0.2, -0.15) is 0 Å². The van der Waals surface area contributed by atoms with E-state index >= 15 is 0 Å². The Bertz CT molecular complexity index is 1350. The lowest BCUT2D eigenvalue weighted by Crippen LogP contribution is -2.50. The molecule has 39 heavy (non-hydrogen) atoms. The number of ether oxygens (including phenoxy) is 1. The van der Waals surface area contributed by atoms with Crippen LogP contribution in [0.15, 0.2) is 30.6 Å². The number of anilines is 3. The Hall–Kier alpha value is -3.64. The second-order valence-corrected chi connectivity index (χ2v) is 10.7. The highest BCUT2D eigenvalue weighted by atomic mass is 35.5. The minimum Gasteiger partial charge on any atom is -0.379 e. The number of fused-ring (bicyclic) bond motifs is 1. The first kappa shape index (κ1) is 25.6. The maximum absolute atomic E-state index is 13.1. The summed E-state index contributed by atoms with van der Waals surface area (Å²) >= 11 is 5.97. The number of pyridine rings is 1. The standard InChI is InChI=1S/C26H32ClN9O3/c27-22-13-19(7-8-28-22)32-25(37)21-15-29-24-20(30-16-1-2-16)14-23(34-36(21)24)31-17-3-5-18(6-4-17)33-26(38)35-9-11-39-12-10-35/h7-8,13-18,30H,1-6,9-12H2,(H,31,34)(H,33,38)(H,28,32,37). The summed E-state index contributed by atoms with van der Waals surface area (Å²) in [6.07, 6.45) is 8.85. The lowest BCUT2D eigenvalue weighted by molar-refractivity contribution is 0.0521. The third kappa shape index (κ3) is 6.17. The van der Waals surface area contributed by atoms with Crippen molar-refractivity contribution < 1.29 is 14.3 Å². The first-order valence-electron chi connectivity index (χ1n) is 13.5. The van der Waals surface area contributed by atoms with E-state index in [9.17, 15) is 9.59 Å². The van der Waals surface area contributed by atoms with Gasteiger partial charge in [-0.05, 0) is 50.7 Å². The van der Waals surface area contributed by atoms with Crippen molar-refractivity contribution >= 4 is 46.4 Å². The molecule has 3 fully saturated rings. The predicted octanol–water partition coefficient (Wildman–Crippen LogP) is 3.37. The van der Waals surface area contributed by atoms with Crippen LogP contribution in [-0.4, -0.2) is 80.8 Å². The van der Waals surface area contributed by atoms with Gasteiger partial charge in [-0.1, -0.05) is 11.6 Å². The number of amides is 3. The number of urea groups is 1. The van der Waals surface area contributed by atoms with Crippen LogP contribution >= 0.6 is 11.6 Å². The Morgan fingerprint density at radius 3 is 2.41 bits per heavy atom. The molecule has 0 aromatic carbocycles. The lowest BCUT2D eigenvalue weighted by atomic mass is 9.91. The second-order valence-electron chi connectivity index (χ2n) is 10.3. The van der Waals surface area contributed by atoms with Crippen molar-refractivity contribution in [3.8, 4) is 0 Å². The largest absolute Gasteiger partial charge is 0.379 e. The highest BCUT2D eigenvalue weighted by Crippen LogP contribution is 2.30. The van der Waals surface area contributed by atoms with Gasteiger partial charge in [0, 0.05) is 49.2 Å². The van der Waals surface area contributed by atoms with E-state index in [1.54, 1.807) is 16.6 Å². The van der Waals surface area contributed by atoms with Gasteiger partial charge in [-0.3, -0.25) is 4.79 Å². The van der Waals surface area contributed by atoms with E-state index in [0.29, 0.717) is 60.3 Å². The maximum Gasteiger partial charge on any atom is 0.317 e. The molecule has 4 heterocycles. The quantitative estimate of drug-likeness (QED) is 0.327. The molecule has 0 bridgehead atoms. The molecule has 1 aliphatic heterocycles. The van der Waals surface area contributed by atoms with Gasteiger partial charge >= 0.3 is 6.03 Å². The smallest absolute Gasteiger partial charge is 0.317 e. The van der Waals surface area contributed by atoms with E-state index in [2.05, 4.69) is 31.2 Å². The molecule has 12 nitrogen and oxygen atoms in total. The molecule has 2 saturated carbocycles. The van der Waals surface area contributed by atoms with Gasteiger partial charge < -0.3 is 30.9 Å². The number of rotatable bonds is 7. The first-order valence-corrected chi connectivity index (χ1v) is 13.9. The van der Waals surface area contributed by atoms with Crippen molar-refractivity contribution in [3.63, 3.8) is 0 Å². The van der Waals surface area contributed by atoms with Crippen LogP contribution in [0.5, 0.6) is 0 Å². The normalized spacial score (nSPS) is 21.4. The fraction of sp³-hybridized carbons (Fsp3) is 0.500. The third-order valence-electron chi connectivity index (χ3n) is 7.33. The lowest BCUT2D eigenvalue weighted by Gasteiger charge is -2.33. The highest BCUT2D eigenvalue weighted by Gasteiger charge is 2.27. The Balaban J connectivity index is 1.14. The van der Waals surface area contributed by atoms with Crippen molar-refractivity contribution in [1.29, 1.82) is 0 Å². The average molecular weight is 554 g/mol. The minimum absolute atomic E-state index is 0.00225. The Labute approximate surface area is 230 Å². The fourth-order valence-corrected chi connectivity index (χ4v) is 5.22. The van der Waals surface area contributed by atoms with E-state index in [4.69, 9.17) is 21.4 Å². The van der Waals surface area contributed by atoms with E-state index in [1.807, 2.05) is 11.0 Å². The van der Waals surface area contributed by atoms with Crippen LogP contribution < -0.4 is 21.3 Å². The molecule has 4 N–H and O–H groups in total. The van der Waals surface area contributed by atoms with Crippen molar-refractivity contribution in [1.82, 2.24) is 29.8 Å². The summed E-state index contributed by atoms with van der Waals surface area (Å²) < 4.78 is 6.92. The SMILES string of the molecule is O=C(Nc1ccnc(Cl)c1)c1cnc2c(NC3CC3)cc(NC3CCC(NC(=O)N4CCOCC4)CC3)nn12. The number of nitrogens with zero attached hydrogens (tertiary/aromatic N) is 5. The van der Waals surface area contributed by atoms with Gasteiger partial charge in [0.2, 0.25) is 0 Å². The molecule has 206 valence electrons.